The summed E-state index contributed by atoms with van der Waals surface area (Å²) in [5.74, 6) is -1.42. The van der Waals surface area contributed by atoms with E-state index in [1.807, 2.05) is 13.8 Å². The van der Waals surface area contributed by atoms with Crippen molar-refractivity contribution >= 4 is 17.5 Å². The molecule has 0 fully saturated rings. The van der Waals surface area contributed by atoms with Crippen molar-refractivity contribution in [3.63, 3.8) is 0 Å². The van der Waals surface area contributed by atoms with Crippen LogP contribution < -0.4 is 5.32 Å². The summed E-state index contributed by atoms with van der Waals surface area (Å²) >= 11 is 0. The monoisotopic (exact) mass is 283 g/mol. The molecule has 8 nitrogen and oxygen atoms in total. The maximum absolute atomic E-state index is 11.0. The number of aromatic carboxylic acids is 1. The zero-order chi connectivity index (χ0) is 15.3. The maximum atomic E-state index is 11.0. The number of hydrogen-bond acceptors (Lipinski definition) is 6. The summed E-state index contributed by atoms with van der Waals surface area (Å²) in [6.07, 6.45) is 1.02. The fourth-order valence-electron chi connectivity index (χ4n) is 1.75. The van der Waals surface area contributed by atoms with Crippen LogP contribution in [0.3, 0.4) is 0 Å². The van der Waals surface area contributed by atoms with E-state index in [9.17, 15) is 20.0 Å². The quantitative estimate of drug-likeness (QED) is 0.513. The van der Waals surface area contributed by atoms with Crippen LogP contribution in [0, 0.1) is 10.1 Å². The Morgan fingerprint density at radius 2 is 2.05 bits per heavy atom. The van der Waals surface area contributed by atoms with E-state index in [2.05, 4.69) is 10.3 Å². The Morgan fingerprint density at radius 1 is 1.45 bits per heavy atom. The first-order valence-electron chi connectivity index (χ1n) is 6.17. The van der Waals surface area contributed by atoms with Crippen LogP contribution in [0.25, 0.3) is 0 Å². The van der Waals surface area contributed by atoms with Gasteiger partial charge in [-0.15, -0.1) is 0 Å². The van der Waals surface area contributed by atoms with Crippen molar-refractivity contribution in [2.24, 2.45) is 0 Å². The van der Waals surface area contributed by atoms with Gasteiger partial charge in [0, 0.05) is 6.07 Å². The molecule has 3 N–H and O–H groups in total. The summed E-state index contributed by atoms with van der Waals surface area (Å²) in [6.45, 7) is 3.40. The fourth-order valence-corrected chi connectivity index (χ4v) is 1.75. The van der Waals surface area contributed by atoms with Gasteiger partial charge in [0.05, 0.1) is 17.1 Å². The molecule has 1 rings (SSSR count). The third-order valence-electron chi connectivity index (χ3n) is 3.33. The van der Waals surface area contributed by atoms with Gasteiger partial charge in [0.15, 0.2) is 5.69 Å². The van der Waals surface area contributed by atoms with Crippen LogP contribution in [0.1, 0.15) is 37.2 Å². The van der Waals surface area contributed by atoms with Gasteiger partial charge in [0.25, 0.3) is 0 Å². The number of nitro groups is 1. The third-order valence-corrected chi connectivity index (χ3v) is 3.33. The molecule has 0 radical (unpaired) electrons. The molecular weight excluding hydrogens is 266 g/mol. The molecule has 1 aromatic heterocycles. The highest BCUT2D eigenvalue weighted by Gasteiger charge is 2.29. The van der Waals surface area contributed by atoms with Gasteiger partial charge in [0.1, 0.15) is 0 Å². The summed E-state index contributed by atoms with van der Waals surface area (Å²) < 4.78 is 0. The van der Waals surface area contributed by atoms with E-state index in [0.29, 0.717) is 12.8 Å². The van der Waals surface area contributed by atoms with Gasteiger partial charge in [-0.3, -0.25) is 10.1 Å². The van der Waals surface area contributed by atoms with Gasteiger partial charge in [-0.1, -0.05) is 13.8 Å². The molecule has 0 aliphatic heterocycles. The van der Waals surface area contributed by atoms with Gasteiger partial charge < -0.3 is 15.5 Å². The van der Waals surface area contributed by atoms with Crippen molar-refractivity contribution in [2.45, 2.75) is 32.2 Å². The number of carboxylic acid groups (broad SMARTS) is 1. The van der Waals surface area contributed by atoms with Crippen LogP contribution in [0.5, 0.6) is 0 Å². The minimum atomic E-state index is -1.27. The molecule has 0 aliphatic carbocycles. The number of aliphatic hydroxyl groups is 1. The largest absolute Gasteiger partial charge is 0.477 e. The highest BCUT2D eigenvalue weighted by Crippen LogP contribution is 2.28. The zero-order valence-electron chi connectivity index (χ0n) is 11.3. The number of aromatic nitrogens is 1. The lowest BCUT2D eigenvalue weighted by Gasteiger charge is -2.31. The number of nitrogens with one attached hydrogen (secondary N) is 1. The van der Waals surface area contributed by atoms with Gasteiger partial charge in [-0.05, 0) is 18.9 Å². The highest BCUT2D eigenvalue weighted by molar-refractivity contribution is 5.86. The number of rotatable bonds is 7. The van der Waals surface area contributed by atoms with E-state index in [-0.39, 0.29) is 23.8 Å². The minimum Gasteiger partial charge on any atom is -0.477 e. The van der Waals surface area contributed by atoms with E-state index in [0.717, 1.165) is 12.1 Å². The van der Waals surface area contributed by atoms with E-state index in [1.165, 1.54) is 0 Å². The van der Waals surface area contributed by atoms with Crippen LogP contribution >= 0.6 is 0 Å². The van der Waals surface area contributed by atoms with Crippen molar-refractivity contribution in [1.29, 1.82) is 0 Å². The first-order valence-corrected chi connectivity index (χ1v) is 6.17. The first kappa shape index (κ1) is 15.8. The second-order valence-electron chi connectivity index (χ2n) is 4.40. The molecule has 8 heteroatoms. The van der Waals surface area contributed by atoms with Crippen molar-refractivity contribution in [2.75, 3.05) is 11.9 Å². The molecule has 0 bridgehead atoms. The molecule has 0 spiro atoms. The Bertz CT molecular complexity index is 506. The summed E-state index contributed by atoms with van der Waals surface area (Å²) in [5, 5.41) is 32.2. The van der Waals surface area contributed by atoms with Crippen molar-refractivity contribution in [3.05, 3.63) is 27.9 Å². The Labute approximate surface area is 115 Å². The molecule has 110 valence electrons. The van der Waals surface area contributed by atoms with Gasteiger partial charge in [-0.2, -0.15) is 0 Å². The Hall–Kier alpha value is -2.22. The van der Waals surface area contributed by atoms with E-state index in [4.69, 9.17) is 5.11 Å². The fraction of sp³-hybridized carbons (Fsp3) is 0.500. The first-order chi connectivity index (χ1) is 9.39. The molecule has 1 aromatic rings. The lowest BCUT2D eigenvalue weighted by atomic mass is 9.94. The second kappa shape index (κ2) is 6.29. The maximum Gasteiger partial charge on any atom is 0.354 e. The molecule has 0 aliphatic rings. The molecule has 20 heavy (non-hydrogen) atoms. The number of hydrogen-bond donors (Lipinski definition) is 3. The number of carbonyl (C=O) groups is 1. The van der Waals surface area contributed by atoms with E-state index in [1.54, 1.807) is 0 Å². The smallest absolute Gasteiger partial charge is 0.354 e. The summed E-state index contributed by atoms with van der Waals surface area (Å²) in [6, 6.07) is 2.16. The average molecular weight is 283 g/mol. The van der Waals surface area contributed by atoms with Crippen LogP contribution in [-0.4, -0.2) is 38.2 Å². The third kappa shape index (κ3) is 3.21. The Balaban J connectivity index is 3.29. The number of carboxylic acids is 1. The van der Waals surface area contributed by atoms with E-state index < -0.39 is 16.4 Å². The predicted octanol–water partition coefficient (Wildman–Crippen LogP) is 1.65. The van der Waals surface area contributed by atoms with Crippen LogP contribution in [0.2, 0.25) is 0 Å². The molecule has 0 atom stereocenters. The van der Waals surface area contributed by atoms with Crippen molar-refractivity contribution in [3.8, 4) is 0 Å². The number of anilines is 1. The molecule has 0 unspecified atom stereocenters. The van der Waals surface area contributed by atoms with Crippen molar-refractivity contribution in [1.82, 2.24) is 4.98 Å². The highest BCUT2D eigenvalue weighted by atomic mass is 16.6. The van der Waals surface area contributed by atoms with Gasteiger partial charge >= 0.3 is 11.7 Å². The molecular formula is C12H17N3O5. The molecule has 0 saturated heterocycles. The molecule has 1 heterocycles. The zero-order valence-corrected chi connectivity index (χ0v) is 11.3. The SMILES string of the molecule is CCC(CC)(CO)Nc1nc(C(=O)O)ccc1[N+](=O)[O-]. The van der Waals surface area contributed by atoms with Crippen LogP contribution in [0.4, 0.5) is 11.5 Å². The lowest BCUT2D eigenvalue weighted by molar-refractivity contribution is -0.384. The predicted molar refractivity (Wildman–Crippen MR) is 71.9 cm³/mol. The van der Waals surface area contributed by atoms with Crippen LogP contribution in [-0.2, 0) is 0 Å². The van der Waals surface area contributed by atoms with E-state index >= 15 is 0 Å². The molecule has 0 aromatic carbocycles. The number of nitrogens with zero attached hydrogens (tertiary/aromatic N) is 2. The van der Waals surface area contributed by atoms with Crippen molar-refractivity contribution < 1.29 is 19.9 Å². The summed E-state index contributed by atoms with van der Waals surface area (Å²) in [5.41, 5.74) is -1.39. The van der Waals surface area contributed by atoms with Crippen LogP contribution in [0.15, 0.2) is 12.1 Å². The number of aliphatic hydroxyl groups excluding tert-OH is 1. The summed E-state index contributed by atoms with van der Waals surface area (Å²) in [4.78, 5) is 25.0. The summed E-state index contributed by atoms with van der Waals surface area (Å²) in [7, 11) is 0. The topological polar surface area (TPSA) is 126 Å². The Kier molecular flexibility index (Phi) is 4.98. The Morgan fingerprint density at radius 3 is 2.45 bits per heavy atom. The number of pyridine rings is 1. The molecule has 0 saturated carbocycles. The minimum absolute atomic E-state index is 0.146. The second-order valence-corrected chi connectivity index (χ2v) is 4.40. The average Bonchev–Trinajstić information content (AvgIpc) is 2.44. The van der Waals surface area contributed by atoms with Gasteiger partial charge in [0.2, 0.25) is 5.82 Å². The lowest BCUT2D eigenvalue weighted by Crippen LogP contribution is -2.41. The normalized spacial score (nSPS) is 11.2. The molecule has 0 amide bonds. The van der Waals surface area contributed by atoms with Gasteiger partial charge in [-0.25, -0.2) is 9.78 Å². The standard InChI is InChI=1S/C12H17N3O5/c1-3-12(4-2,7-16)14-10-9(15(19)20)6-5-8(13-10)11(17)18/h5-6,16H,3-4,7H2,1-2H3,(H,13,14)(H,17,18).